The molecule has 1 aromatic heterocycles. The lowest BCUT2D eigenvalue weighted by Crippen LogP contribution is -2.18. The van der Waals surface area contributed by atoms with Gasteiger partial charge in [0.2, 0.25) is 0 Å². The number of halogens is 1. The van der Waals surface area contributed by atoms with Crippen LogP contribution in [0.15, 0.2) is 30.5 Å². The second-order valence-electron chi connectivity index (χ2n) is 4.34. The number of hydrogen-bond donors (Lipinski definition) is 1. The largest absolute Gasteiger partial charge is 0.381 e. The van der Waals surface area contributed by atoms with Crippen molar-refractivity contribution < 1.29 is 0 Å². The predicted octanol–water partition coefficient (Wildman–Crippen LogP) is 3.45. The third kappa shape index (κ3) is 3.07. The van der Waals surface area contributed by atoms with Crippen molar-refractivity contribution in [3.8, 4) is 0 Å². The summed E-state index contributed by atoms with van der Waals surface area (Å²) in [6.07, 6.45) is 2.68. The Bertz CT molecular complexity index is 493. The van der Waals surface area contributed by atoms with E-state index in [4.69, 9.17) is 11.6 Å². The molecule has 3 nitrogen and oxygen atoms in total. The monoisotopic (exact) mass is 249 g/mol. The number of anilines is 1. The van der Waals surface area contributed by atoms with Gasteiger partial charge in [0.05, 0.1) is 17.4 Å². The van der Waals surface area contributed by atoms with Crippen molar-refractivity contribution in [3.05, 3.63) is 30.5 Å². The van der Waals surface area contributed by atoms with E-state index in [0.717, 1.165) is 23.0 Å². The van der Waals surface area contributed by atoms with Crippen molar-refractivity contribution in [1.29, 1.82) is 0 Å². The van der Waals surface area contributed by atoms with Gasteiger partial charge in [0.25, 0.3) is 0 Å². The van der Waals surface area contributed by atoms with Gasteiger partial charge >= 0.3 is 0 Å². The van der Waals surface area contributed by atoms with Gasteiger partial charge in [-0.3, -0.25) is 0 Å². The minimum atomic E-state index is 0.165. The van der Waals surface area contributed by atoms with Crippen LogP contribution in [-0.4, -0.2) is 21.6 Å². The third-order valence-electron chi connectivity index (χ3n) is 2.63. The van der Waals surface area contributed by atoms with Crippen LogP contribution in [0, 0.1) is 0 Å². The number of hydrogen-bond acceptors (Lipinski definition) is 3. The Kier molecular flexibility index (Phi) is 3.79. The normalized spacial score (nSPS) is 14.5. The summed E-state index contributed by atoms with van der Waals surface area (Å²) in [7, 11) is 0. The summed E-state index contributed by atoms with van der Waals surface area (Å²) in [6.45, 7) is 4.12. The molecule has 0 aliphatic carbocycles. The Labute approximate surface area is 106 Å². The van der Waals surface area contributed by atoms with E-state index in [2.05, 4.69) is 22.4 Å². The fourth-order valence-electron chi connectivity index (χ4n) is 1.93. The highest BCUT2D eigenvalue weighted by molar-refractivity contribution is 6.20. The Balaban J connectivity index is 2.24. The molecule has 4 heteroatoms. The second kappa shape index (κ2) is 5.32. The molecular weight excluding hydrogens is 234 g/mol. The molecule has 0 saturated heterocycles. The van der Waals surface area contributed by atoms with Gasteiger partial charge in [-0.15, -0.1) is 11.6 Å². The lowest BCUT2D eigenvalue weighted by atomic mass is 10.1. The van der Waals surface area contributed by atoms with Gasteiger partial charge in [0, 0.05) is 16.8 Å². The van der Waals surface area contributed by atoms with Gasteiger partial charge < -0.3 is 5.32 Å². The fourth-order valence-corrected chi connectivity index (χ4v) is 2.20. The number of aromatic nitrogens is 2. The molecule has 2 rings (SSSR count). The first kappa shape index (κ1) is 12.1. The Morgan fingerprint density at radius 3 is 2.82 bits per heavy atom. The van der Waals surface area contributed by atoms with E-state index in [1.54, 1.807) is 6.20 Å². The highest BCUT2D eigenvalue weighted by Gasteiger charge is 2.08. The Hall–Kier alpha value is -1.35. The molecule has 0 aliphatic rings. The molecule has 1 aromatic carbocycles. The molecule has 17 heavy (non-hydrogen) atoms. The minimum Gasteiger partial charge on any atom is -0.381 e. The summed E-state index contributed by atoms with van der Waals surface area (Å²) in [6, 6.07) is 8.29. The molecule has 0 fully saturated rings. The van der Waals surface area contributed by atoms with Crippen molar-refractivity contribution in [1.82, 2.24) is 10.2 Å². The van der Waals surface area contributed by atoms with Crippen molar-refractivity contribution in [2.45, 2.75) is 31.7 Å². The van der Waals surface area contributed by atoms with Crippen LogP contribution in [0.2, 0.25) is 0 Å². The van der Waals surface area contributed by atoms with Crippen molar-refractivity contribution >= 4 is 28.2 Å². The number of nitrogens with one attached hydrogen (secondary N) is 1. The topological polar surface area (TPSA) is 37.8 Å². The molecule has 0 amide bonds. The summed E-state index contributed by atoms with van der Waals surface area (Å²) >= 11 is 5.99. The van der Waals surface area contributed by atoms with E-state index in [-0.39, 0.29) is 5.38 Å². The smallest absolute Gasteiger partial charge is 0.0950 e. The molecule has 0 saturated carbocycles. The molecule has 0 spiro atoms. The molecular formula is C13H16ClN3. The molecule has 2 aromatic rings. The molecule has 0 radical (unpaired) electrons. The summed E-state index contributed by atoms with van der Waals surface area (Å²) in [5.74, 6) is 0. The highest BCUT2D eigenvalue weighted by atomic mass is 35.5. The lowest BCUT2D eigenvalue weighted by molar-refractivity contribution is 0.696. The van der Waals surface area contributed by atoms with Crippen molar-refractivity contribution in [2.24, 2.45) is 0 Å². The minimum absolute atomic E-state index is 0.165. The summed E-state index contributed by atoms with van der Waals surface area (Å²) < 4.78 is 0. The molecule has 0 bridgehead atoms. The van der Waals surface area contributed by atoms with Crippen LogP contribution in [0.3, 0.4) is 0 Å². The molecule has 0 aliphatic heterocycles. The van der Waals surface area contributed by atoms with E-state index in [9.17, 15) is 0 Å². The number of benzene rings is 1. The number of rotatable bonds is 4. The van der Waals surface area contributed by atoms with Crippen LogP contribution in [0.25, 0.3) is 10.9 Å². The van der Waals surface area contributed by atoms with Crippen LogP contribution in [0.4, 0.5) is 5.69 Å². The number of alkyl halides is 1. The summed E-state index contributed by atoms with van der Waals surface area (Å²) in [5, 5.41) is 12.8. The first-order valence-electron chi connectivity index (χ1n) is 5.78. The first-order valence-corrected chi connectivity index (χ1v) is 6.21. The van der Waals surface area contributed by atoms with Crippen LogP contribution < -0.4 is 5.32 Å². The maximum absolute atomic E-state index is 5.99. The van der Waals surface area contributed by atoms with Crippen LogP contribution in [0.1, 0.15) is 20.3 Å². The van der Waals surface area contributed by atoms with Gasteiger partial charge in [0.15, 0.2) is 0 Å². The maximum Gasteiger partial charge on any atom is 0.0950 e. The van der Waals surface area contributed by atoms with E-state index in [1.165, 1.54) is 0 Å². The van der Waals surface area contributed by atoms with E-state index in [1.807, 2.05) is 31.2 Å². The van der Waals surface area contributed by atoms with Gasteiger partial charge in [-0.05, 0) is 26.3 Å². The zero-order valence-electron chi connectivity index (χ0n) is 10.0. The van der Waals surface area contributed by atoms with Gasteiger partial charge in [0.1, 0.15) is 0 Å². The van der Waals surface area contributed by atoms with Crippen molar-refractivity contribution in [3.63, 3.8) is 0 Å². The molecule has 1 N–H and O–H groups in total. The van der Waals surface area contributed by atoms with Gasteiger partial charge in [-0.1, -0.05) is 18.2 Å². The van der Waals surface area contributed by atoms with Gasteiger partial charge in [-0.2, -0.15) is 10.2 Å². The van der Waals surface area contributed by atoms with Crippen molar-refractivity contribution in [2.75, 3.05) is 5.32 Å². The second-order valence-corrected chi connectivity index (χ2v) is 5.08. The average Bonchev–Trinajstić information content (AvgIpc) is 2.28. The zero-order valence-corrected chi connectivity index (χ0v) is 10.8. The standard InChI is InChI=1S/C13H16ClN3/c1-9(14)7-10(2)16-13-8-15-17-12-6-4-3-5-11(12)13/h3-6,8-10H,7H2,1-2H3,(H,16,17). The molecule has 2 unspecified atom stereocenters. The predicted molar refractivity (Wildman–Crippen MR) is 72.6 cm³/mol. The molecule has 1 heterocycles. The summed E-state index contributed by atoms with van der Waals surface area (Å²) in [5.41, 5.74) is 1.92. The Morgan fingerprint density at radius 2 is 2.06 bits per heavy atom. The highest BCUT2D eigenvalue weighted by Crippen LogP contribution is 2.21. The zero-order chi connectivity index (χ0) is 12.3. The van der Waals surface area contributed by atoms with E-state index in [0.29, 0.717) is 6.04 Å². The molecule has 90 valence electrons. The summed E-state index contributed by atoms with van der Waals surface area (Å²) in [4.78, 5) is 0. The van der Waals surface area contributed by atoms with Crippen LogP contribution in [0.5, 0.6) is 0 Å². The molecule has 2 atom stereocenters. The first-order chi connectivity index (χ1) is 8.16. The Morgan fingerprint density at radius 1 is 1.29 bits per heavy atom. The quantitative estimate of drug-likeness (QED) is 0.844. The van der Waals surface area contributed by atoms with E-state index < -0.39 is 0 Å². The van der Waals surface area contributed by atoms with Crippen LogP contribution in [-0.2, 0) is 0 Å². The SMILES string of the molecule is CC(Cl)CC(C)Nc1cnnc2ccccc12. The van der Waals surface area contributed by atoms with E-state index >= 15 is 0 Å². The van der Waals surface area contributed by atoms with Gasteiger partial charge in [-0.25, -0.2) is 0 Å². The number of fused-ring (bicyclic) bond motifs is 1. The van der Waals surface area contributed by atoms with Crippen LogP contribution >= 0.6 is 11.6 Å². The fraction of sp³-hybridized carbons (Fsp3) is 0.385. The average molecular weight is 250 g/mol. The maximum atomic E-state index is 5.99. The number of nitrogens with zero attached hydrogens (tertiary/aromatic N) is 2. The lowest BCUT2D eigenvalue weighted by Gasteiger charge is -2.17. The third-order valence-corrected chi connectivity index (χ3v) is 2.80.